The fourth-order valence-corrected chi connectivity index (χ4v) is 4.28. The summed E-state index contributed by atoms with van der Waals surface area (Å²) in [6.07, 6.45) is 1.54. The van der Waals surface area contributed by atoms with Gasteiger partial charge in [0.25, 0.3) is 5.69 Å². The van der Waals surface area contributed by atoms with E-state index in [4.69, 9.17) is 11.5 Å². The van der Waals surface area contributed by atoms with Crippen molar-refractivity contribution in [1.29, 1.82) is 0 Å². The molecule has 156 valence electrons. The van der Waals surface area contributed by atoms with Crippen LogP contribution in [-0.4, -0.2) is 18.0 Å². The second kappa shape index (κ2) is 18.4. The second-order valence-corrected chi connectivity index (χ2v) is 7.94. The number of benzene rings is 2. The number of hydrogen-bond donors (Lipinski definition) is 0. The molecule has 4 radical (unpaired) electrons. The first kappa shape index (κ1) is 37.2. The Bertz CT molecular complexity index is 875. The third-order valence-corrected chi connectivity index (χ3v) is 6.07. The normalized spacial score (nSPS) is 13.2. The van der Waals surface area contributed by atoms with Gasteiger partial charge in [0.1, 0.15) is 0 Å². The fourth-order valence-electron chi connectivity index (χ4n) is 3.20. The molecule has 0 amide bonds. The number of nitro groups is 1. The van der Waals surface area contributed by atoms with Crippen LogP contribution in [0.4, 0.5) is 17.1 Å². The van der Waals surface area contributed by atoms with Gasteiger partial charge >= 0.3 is 0 Å². The summed E-state index contributed by atoms with van der Waals surface area (Å²) in [4.78, 5) is 10.2. The second-order valence-electron chi connectivity index (χ2n) is 6.23. The SMILES string of the molecule is [Ac].[Ac].[Ac].[Ac].[NH-]c1c([N+](=O)[O-])cc(Br)c2c1CC[N-]C2.[NH-]c1ccc(Br)c2c1CC[N-]C2. The number of hydrogen-bond acceptors (Lipinski definition) is 2. The van der Waals surface area contributed by atoms with E-state index in [1.165, 1.54) is 17.2 Å². The smallest absolute Gasteiger partial charge is 0.255 e. The van der Waals surface area contributed by atoms with Gasteiger partial charge in [0.05, 0.1) is 4.92 Å². The van der Waals surface area contributed by atoms with Crippen LogP contribution in [0.2, 0.25) is 0 Å². The zero-order valence-corrected chi connectivity index (χ0v) is 38.9. The summed E-state index contributed by atoms with van der Waals surface area (Å²) in [5.41, 5.74) is 20.0. The van der Waals surface area contributed by atoms with Gasteiger partial charge in [0.2, 0.25) is 0 Å². The van der Waals surface area contributed by atoms with Gasteiger partial charge in [-0.25, -0.2) is 0 Å². The largest absolute Gasteiger partial charge is 0.698 e. The minimum atomic E-state index is -0.515. The number of rotatable bonds is 1. The monoisotopic (exact) mass is 1400 g/mol. The van der Waals surface area contributed by atoms with Crippen molar-refractivity contribution in [2.45, 2.75) is 25.9 Å². The molecule has 2 aromatic carbocycles. The van der Waals surface area contributed by atoms with E-state index in [0.717, 1.165) is 35.1 Å². The maximum atomic E-state index is 10.7. The number of nitro benzene ring substituents is 1. The third kappa shape index (κ3) is 10.1. The molecule has 0 bridgehead atoms. The minimum absolute atomic E-state index is 0. The van der Waals surface area contributed by atoms with E-state index >= 15 is 0 Å². The van der Waals surface area contributed by atoms with Crippen LogP contribution in [0.1, 0.15) is 22.3 Å². The average molecular weight is 1400 g/mol. The van der Waals surface area contributed by atoms with Crippen LogP contribution in [-0.2, 0) is 25.9 Å². The van der Waals surface area contributed by atoms with Crippen molar-refractivity contribution in [3.8, 4) is 0 Å². The van der Waals surface area contributed by atoms with E-state index in [0.29, 0.717) is 29.7 Å². The Balaban J connectivity index is 0. The Morgan fingerprint density at radius 3 is 1.87 bits per heavy atom. The molecule has 7 nitrogen and oxygen atoms in total. The quantitative estimate of drug-likeness (QED) is 0.225. The van der Waals surface area contributed by atoms with Crippen LogP contribution in [0.25, 0.3) is 22.1 Å². The molecular formula is C18H17Ac4Br2N5O2-4. The molecule has 2 aliphatic rings. The van der Waals surface area contributed by atoms with E-state index in [-0.39, 0.29) is 188 Å². The van der Waals surface area contributed by atoms with Crippen molar-refractivity contribution >= 4 is 48.9 Å². The molecule has 0 aromatic heterocycles. The molecule has 0 unspecified atom stereocenters. The molecule has 31 heavy (non-hydrogen) atoms. The first-order chi connectivity index (χ1) is 12.9. The van der Waals surface area contributed by atoms with Crippen LogP contribution in [0.15, 0.2) is 27.1 Å². The Kier molecular flexibility index (Phi) is 22.1. The van der Waals surface area contributed by atoms with E-state index in [9.17, 15) is 10.1 Å². The van der Waals surface area contributed by atoms with Gasteiger partial charge in [-0.1, -0.05) is 65.9 Å². The van der Waals surface area contributed by atoms with Crippen molar-refractivity contribution in [2.75, 3.05) is 13.1 Å². The number of halogens is 2. The van der Waals surface area contributed by atoms with Gasteiger partial charge in [0.15, 0.2) is 0 Å². The van der Waals surface area contributed by atoms with Gasteiger partial charge < -0.3 is 22.1 Å². The summed E-state index contributed by atoms with van der Waals surface area (Å²) in [6.45, 7) is 2.82. The number of nitrogens with one attached hydrogen (secondary N) is 2. The summed E-state index contributed by atoms with van der Waals surface area (Å²) < 4.78 is 1.78. The Labute approximate surface area is 342 Å². The summed E-state index contributed by atoms with van der Waals surface area (Å²) >= 11 is 6.76. The molecule has 0 aliphatic carbocycles. The number of fused-ring (bicyclic) bond motifs is 2. The zero-order valence-electron chi connectivity index (χ0n) is 16.7. The molecule has 0 fully saturated rings. The molecular weight excluding hydrogens is 1390 g/mol. The number of nitrogens with zero attached hydrogens (tertiary/aromatic N) is 3. The van der Waals surface area contributed by atoms with E-state index in [1.54, 1.807) is 0 Å². The average Bonchev–Trinajstić information content (AvgIpc) is 2.68. The first-order valence-corrected chi connectivity index (χ1v) is 9.97. The van der Waals surface area contributed by atoms with Gasteiger partial charge in [-0.15, -0.1) is 31.9 Å². The van der Waals surface area contributed by atoms with E-state index in [1.807, 2.05) is 12.1 Å². The van der Waals surface area contributed by atoms with E-state index < -0.39 is 4.92 Å². The van der Waals surface area contributed by atoms with E-state index in [2.05, 4.69) is 42.5 Å². The van der Waals surface area contributed by atoms with Gasteiger partial charge in [-0.05, 0) is 18.9 Å². The van der Waals surface area contributed by atoms with Gasteiger partial charge in [0, 0.05) is 191 Å². The maximum Gasteiger partial charge on any atom is 0.255 e. The summed E-state index contributed by atoms with van der Waals surface area (Å²) in [5.74, 6) is 0. The van der Waals surface area contributed by atoms with Crippen molar-refractivity contribution in [3.05, 3.63) is 81.6 Å². The predicted molar refractivity (Wildman–Crippen MR) is 114 cm³/mol. The first-order valence-electron chi connectivity index (χ1n) is 8.38. The molecule has 2 aliphatic heterocycles. The molecule has 0 saturated heterocycles. The van der Waals surface area contributed by atoms with Gasteiger partial charge in [-0.2, -0.15) is 0 Å². The van der Waals surface area contributed by atoms with Crippen LogP contribution in [0, 0.1) is 186 Å². The molecule has 0 spiro atoms. The maximum absolute atomic E-state index is 10.7. The predicted octanol–water partition coefficient (Wildman–Crippen LogP) is 7.03. The topological polar surface area (TPSA) is 119 Å². The summed E-state index contributed by atoms with van der Waals surface area (Å²) in [6, 6.07) is 5.16. The molecule has 2 aromatic rings. The van der Waals surface area contributed by atoms with Crippen LogP contribution in [0.5, 0.6) is 0 Å². The Morgan fingerprint density at radius 1 is 0.839 bits per heavy atom. The summed E-state index contributed by atoms with van der Waals surface area (Å²) in [5, 5.41) is 19.2. The zero-order chi connectivity index (χ0) is 19.6. The van der Waals surface area contributed by atoms with Crippen molar-refractivity contribution in [3.63, 3.8) is 0 Å². The summed E-state index contributed by atoms with van der Waals surface area (Å²) in [7, 11) is 0. The van der Waals surface area contributed by atoms with Gasteiger partial charge in [-0.3, -0.25) is 10.1 Å². The van der Waals surface area contributed by atoms with Crippen molar-refractivity contribution in [2.24, 2.45) is 0 Å². The third-order valence-electron chi connectivity index (χ3n) is 4.62. The molecule has 2 N–H and O–H groups in total. The fraction of sp³-hybridized carbons (Fsp3) is 0.333. The van der Waals surface area contributed by atoms with Crippen LogP contribution < -0.4 is 0 Å². The molecule has 13 heteroatoms. The molecule has 0 atom stereocenters. The Hall–Kier alpha value is 4.09. The molecule has 4 rings (SSSR count). The standard InChI is InChI=1S/C9H8BrN3O2.C9H9BrN2.4Ac/c10-7-3-8(13(14)15)9(11)5-1-2-12-4-6(5)7;10-8-1-2-9(11)6-3-4-12-5-7(6)8;;;;/h3,11H,1-2,4H2;1-2,11H,3-5H2;;;;/q2*-2;;;;. The van der Waals surface area contributed by atoms with Crippen LogP contribution in [0.3, 0.4) is 0 Å². The van der Waals surface area contributed by atoms with Crippen LogP contribution >= 0.6 is 31.9 Å². The molecule has 2 heterocycles. The van der Waals surface area contributed by atoms with Crippen molar-refractivity contribution in [1.82, 2.24) is 0 Å². The Morgan fingerprint density at radius 2 is 1.35 bits per heavy atom. The molecule has 0 saturated carbocycles. The minimum Gasteiger partial charge on any atom is -0.698 e. The van der Waals surface area contributed by atoms with Crippen molar-refractivity contribution < 1.29 is 181 Å².